The van der Waals surface area contributed by atoms with E-state index in [2.05, 4.69) is 5.32 Å². The molecule has 0 aliphatic carbocycles. The fraction of sp³-hybridized carbons (Fsp3) is 0.267. The number of benzene rings is 2. The van der Waals surface area contributed by atoms with Gasteiger partial charge in [0.25, 0.3) is 11.1 Å². The Labute approximate surface area is 252 Å². The first kappa shape index (κ1) is 32.0. The Morgan fingerprint density at radius 1 is 1.02 bits per heavy atom. The van der Waals surface area contributed by atoms with Crippen LogP contribution in [0.15, 0.2) is 58.8 Å². The molecule has 1 fully saturated rings. The molecule has 0 radical (unpaired) electrons. The smallest absolute Gasteiger partial charge is 0.419 e. The van der Waals surface area contributed by atoms with E-state index in [-0.39, 0.29) is 29.9 Å². The predicted molar refractivity (Wildman–Crippen MR) is 157 cm³/mol. The van der Waals surface area contributed by atoms with Gasteiger partial charge in [-0.05, 0) is 91.0 Å². The van der Waals surface area contributed by atoms with Crippen LogP contribution in [0, 0.1) is 5.82 Å². The molecule has 226 valence electrons. The van der Waals surface area contributed by atoms with E-state index in [1.807, 2.05) is 0 Å². The van der Waals surface area contributed by atoms with E-state index in [0.29, 0.717) is 33.5 Å². The van der Waals surface area contributed by atoms with Gasteiger partial charge in [-0.3, -0.25) is 24.1 Å². The number of imide groups is 1. The third-order valence-corrected chi connectivity index (χ3v) is 7.70. The average Bonchev–Trinajstić information content (AvgIpc) is 3.45. The maximum absolute atomic E-state index is 13.7. The second-order valence-corrected chi connectivity index (χ2v) is 12.5. The van der Waals surface area contributed by atoms with Crippen molar-refractivity contribution in [3.05, 3.63) is 80.6 Å². The summed E-state index contributed by atoms with van der Waals surface area (Å²) in [6.45, 7) is 5.13. The highest BCUT2D eigenvalue weighted by Gasteiger charge is 2.36. The summed E-state index contributed by atoms with van der Waals surface area (Å²) in [5.74, 6) is -2.83. The SMILES string of the molecule is CC(C)(C)OC(=O)Cc1cccc(NC(=O)CCN2C(=O)S/C(=C\c3cc(-c4ccc(F)c(C(F)(F)F)c4)cs3)C2=O)c1. The van der Waals surface area contributed by atoms with E-state index < -0.39 is 46.2 Å². The number of halogens is 4. The summed E-state index contributed by atoms with van der Waals surface area (Å²) in [6, 6.07) is 10.9. The average molecular weight is 635 g/mol. The highest BCUT2D eigenvalue weighted by Crippen LogP contribution is 2.37. The fourth-order valence-electron chi connectivity index (χ4n) is 4.06. The van der Waals surface area contributed by atoms with E-state index in [9.17, 15) is 36.7 Å². The summed E-state index contributed by atoms with van der Waals surface area (Å²) in [4.78, 5) is 51.6. The number of thioether (sulfide) groups is 1. The van der Waals surface area contributed by atoms with Crippen molar-refractivity contribution in [2.75, 3.05) is 11.9 Å². The van der Waals surface area contributed by atoms with Gasteiger partial charge < -0.3 is 10.1 Å². The summed E-state index contributed by atoms with van der Waals surface area (Å²) < 4.78 is 58.3. The van der Waals surface area contributed by atoms with Crippen molar-refractivity contribution in [2.24, 2.45) is 0 Å². The van der Waals surface area contributed by atoms with Gasteiger partial charge in [0, 0.05) is 23.5 Å². The molecular weight excluding hydrogens is 608 g/mol. The lowest BCUT2D eigenvalue weighted by atomic mass is 10.0. The third-order valence-electron chi connectivity index (χ3n) is 5.91. The van der Waals surface area contributed by atoms with Crippen LogP contribution in [0.2, 0.25) is 0 Å². The number of alkyl halides is 3. The Hall–Kier alpha value is -3.97. The molecule has 1 N–H and O–H groups in total. The zero-order chi connectivity index (χ0) is 31.5. The van der Waals surface area contributed by atoms with Crippen LogP contribution in [-0.2, 0) is 31.7 Å². The lowest BCUT2D eigenvalue weighted by Crippen LogP contribution is -2.31. The van der Waals surface area contributed by atoms with Crippen molar-refractivity contribution in [1.82, 2.24) is 4.90 Å². The number of carbonyl (C=O) groups is 4. The standard InChI is InChI=1S/C30H26F4N2O5S2/c1-29(2,3)41-26(38)12-17-5-4-6-20(11-17)35-25(37)9-10-36-27(39)24(43-28(36)40)15-21-13-19(16-42-21)18-7-8-23(31)22(14-18)30(32,33)34/h4-8,11,13-16H,9-10,12H2,1-3H3,(H,35,37)/b24-15-. The van der Waals surface area contributed by atoms with Crippen LogP contribution in [0.4, 0.5) is 28.0 Å². The molecule has 3 amide bonds. The summed E-state index contributed by atoms with van der Waals surface area (Å²) >= 11 is 1.83. The molecule has 2 heterocycles. The number of carbonyl (C=O) groups excluding carboxylic acids is 4. The first-order chi connectivity index (χ1) is 20.1. The third kappa shape index (κ3) is 8.54. The van der Waals surface area contributed by atoms with E-state index >= 15 is 0 Å². The van der Waals surface area contributed by atoms with Crippen LogP contribution >= 0.6 is 23.1 Å². The highest BCUT2D eigenvalue weighted by atomic mass is 32.2. The van der Waals surface area contributed by atoms with Crippen LogP contribution in [0.1, 0.15) is 43.2 Å². The molecule has 1 aromatic heterocycles. The minimum absolute atomic E-state index is 0.0221. The Morgan fingerprint density at radius 2 is 1.77 bits per heavy atom. The van der Waals surface area contributed by atoms with Crippen LogP contribution in [-0.4, -0.2) is 40.1 Å². The summed E-state index contributed by atoms with van der Waals surface area (Å²) in [5, 5.41) is 3.69. The van der Waals surface area contributed by atoms with E-state index in [1.165, 1.54) is 18.2 Å². The Morgan fingerprint density at radius 3 is 2.47 bits per heavy atom. The maximum Gasteiger partial charge on any atom is 0.419 e. The van der Waals surface area contributed by atoms with Crippen molar-refractivity contribution in [3.63, 3.8) is 0 Å². The lowest BCUT2D eigenvalue weighted by Gasteiger charge is -2.19. The molecule has 0 unspecified atom stereocenters. The molecule has 0 bridgehead atoms. The molecule has 1 saturated heterocycles. The number of rotatable bonds is 8. The molecule has 2 aromatic carbocycles. The van der Waals surface area contributed by atoms with Crippen molar-refractivity contribution < 1.29 is 41.5 Å². The minimum atomic E-state index is -4.85. The summed E-state index contributed by atoms with van der Waals surface area (Å²) in [6.07, 6.45) is -3.55. The van der Waals surface area contributed by atoms with Gasteiger partial charge in [0.05, 0.1) is 16.9 Å². The molecule has 1 aliphatic rings. The zero-order valence-electron chi connectivity index (χ0n) is 23.2. The van der Waals surface area contributed by atoms with Crippen LogP contribution in [0.5, 0.6) is 0 Å². The first-order valence-corrected chi connectivity index (χ1v) is 14.6. The van der Waals surface area contributed by atoms with Gasteiger partial charge in [0.1, 0.15) is 11.4 Å². The van der Waals surface area contributed by atoms with Gasteiger partial charge in [0.2, 0.25) is 5.91 Å². The Balaban J connectivity index is 1.36. The quantitative estimate of drug-likeness (QED) is 0.157. The van der Waals surface area contributed by atoms with Gasteiger partial charge in [-0.15, -0.1) is 11.3 Å². The van der Waals surface area contributed by atoms with E-state index in [4.69, 9.17) is 4.74 Å². The highest BCUT2D eigenvalue weighted by molar-refractivity contribution is 8.18. The molecule has 13 heteroatoms. The number of nitrogens with zero attached hydrogens (tertiary/aromatic N) is 1. The number of nitrogens with one attached hydrogen (secondary N) is 1. The Kier molecular flexibility index (Phi) is 9.45. The first-order valence-electron chi connectivity index (χ1n) is 12.9. The van der Waals surface area contributed by atoms with Crippen LogP contribution < -0.4 is 5.32 Å². The number of amides is 3. The van der Waals surface area contributed by atoms with Gasteiger partial charge >= 0.3 is 12.1 Å². The largest absolute Gasteiger partial charge is 0.460 e. The van der Waals surface area contributed by atoms with Crippen molar-refractivity contribution in [1.29, 1.82) is 0 Å². The molecule has 0 atom stereocenters. The van der Waals surface area contributed by atoms with Crippen LogP contribution in [0.25, 0.3) is 17.2 Å². The fourth-order valence-corrected chi connectivity index (χ4v) is 5.84. The lowest BCUT2D eigenvalue weighted by molar-refractivity contribution is -0.154. The van der Waals surface area contributed by atoms with Crippen molar-refractivity contribution in [3.8, 4) is 11.1 Å². The minimum Gasteiger partial charge on any atom is -0.460 e. The maximum atomic E-state index is 13.7. The molecule has 4 rings (SSSR count). The molecule has 1 aliphatic heterocycles. The molecule has 3 aromatic rings. The number of ether oxygens (including phenoxy) is 1. The monoisotopic (exact) mass is 634 g/mol. The molecule has 0 spiro atoms. The number of hydrogen-bond donors (Lipinski definition) is 1. The van der Waals surface area contributed by atoms with Gasteiger partial charge in [-0.2, -0.15) is 13.2 Å². The Bertz CT molecular complexity index is 1610. The summed E-state index contributed by atoms with van der Waals surface area (Å²) in [7, 11) is 0. The number of hydrogen-bond acceptors (Lipinski definition) is 7. The molecular formula is C30H26F4N2O5S2. The normalized spacial score (nSPS) is 14.9. The van der Waals surface area contributed by atoms with E-state index in [1.54, 1.807) is 50.4 Å². The second-order valence-electron chi connectivity index (χ2n) is 10.5. The summed E-state index contributed by atoms with van der Waals surface area (Å²) in [5.41, 5.74) is -0.373. The second kappa shape index (κ2) is 12.7. The van der Waals surface area contributed by atoms with Gasteiger partial charge in [-0.25, -0.2) is 4.39 Å². The zero-order valence-corrected chi connectivity index (χ0v) is 24.8. The van der Waals surface area contributed by atoms with Crippen LogP contribution in [0.3, 0.4) is 0 Å². The number of anilines is 1. The van der Waals surface area contributed by atoms with Crippen molar-refractivity contribution >= 4 is 57.9 Å². The predicted octanol–water partition coefficient (Wildman–Crippen LogP) is 7.52. The topological polar surface area (TPSA) is 92.8 Å². The molecule has 43 heavy (non-hydrogen) atoms. The molecule has 7 nitrogen and oxygen atoms in total. The number of esters is 1. The van der Waals surface area contributed by atoms with Gasteiger partial charge in [-0.1, -0.05) is 18.2 Å². The number of thiophene rings is 1. The van der Waals surface area contributed by atoms with Crippen molar-refractivity contribution in [2.45, 2.75) is 45.4 Å². The van der Waals surface area contributed by atoms with Gasteiger partial charge in [0.15, 0.2) is 0 Å². The van der Waals surface area contributed by atoms with E-state index in [0.717, 1.165) is 28.4 Å². The molecule has 0 saturated carbocycles.